The molecule has 1 unspecified atom stereocenters. The van der Waals surface area contributed by atoms with Gasteiger partial charge in [-0.3, -0.25) is 0 Å². The van der Waals surface area contributed by atoms with Gasteiger partial charge in [0.15, 0.2) is 0 Å². The van der Waals surface area contributed by atoms with Crippen molar-refractivity contribution in [3.05, 3.63) is 192 Å². The molecular weight excluding hydrogens is 597 g/mol. The van der Waals surface area contributed by atoms with Gasteiger partial charge in [0.05, 0.1) is 12.3 Å². The maximum atomic E-state index is 9.52. The number of rotatable bonds is 3. The molecule has 2 nitrogen and oxygen atoms in total. The van der Waals surface area contributed by atoms with Crippen molar-refractivity contribution >= 4 is 32.7 Å². The molecule has 1 aliphatic heterocycles. The second-order valence-electron chi connectivity index (χ2n) is 12.8. The highest BCUT2D eigenvalue weighted by atomic mass is 16.5. The molecule has 2 aliphatic rings. The van der Waals surface area contributed by atoms with Crippen molar-refractivity contribution in [2.24, 2.45) is 0 Å². The fraction of sp³-hybridized carbons (Fsp3) is 0.0213. The predicted molar refractivity (Wildman–Crippen MR) is 199 cm³/mol. The molecule has 228 valence electrons. The summed E-state index contributed by atoms with van der Waals surface area (Å²) in [5, 5.41) is 3.89. The molecule has 49 heavy (non-hydrogen) atoms. The molecule has 8 aromatic carbocycles. The van der Waals surface area contributed by atoms with Crippen molar-refractivity contribution in [3.8, 4) is 44.9 Å². The van der Waals surface area contributed by atoms with Crippen LogP contribution in [0.5, 0.6) is 11.5 Å². The molecule has 11 rings (SSSR count). The fourth-order valence-corrected chi connectivity index (χ4v) is 8.45. The SMILES string of the molecule is [2H]c1c([2H])c([2H])c(C2(c3cccc4c3oc3ccccc34)c3ccccc3-c3ccc(-c4ccc5c6c(cccc46)-c4ccccc4O5)cc32)c([2H])c1[2H]. The molecule has 0 spiro atoms. The Morgan fingerprint density at radius 1 is 0.469 bits per heavy atom. The van der Waals surface area contributed by atoms with E-state index in [0.29, 0.717) is 16.7 Å². The number of ether oxygens (including phenoxy) is 1. The van der Waals surface area contributed by atoms with Gasteiger partial charge in [0, 0.05) is 27.3 Å². The standard InChI is InChI=1S/C47H28O2/c1-2-12-30(13-3-1)47(40-21-11-19-38-35-16-6-9-23-43(35)49-46(38)40)39-20-7-4-14-32(39)33-25-24-29(28-41(33)47)31-26-27-44-45-36(31)17-10-18-37(45)34-15-5-8-22-42(34)48-44/h1-28H/i1D,2D,3D,12D,13D. The minimum atomic E-state index is -1.35. The van der Waals surface area contributed by atoms with E-state index >= 15 is 0 Å². The van der Waals surface area contributed by atoms with E-state index in [-0.39, 0.29) is 29.7 Å². The van der Waals surface area contributed by atoms with Crippen LogP contribution in [-0.2, 0) is 5.41 Å². The third-order valence-corrected chi connectivity index (χ3v) is 10.4. The van der Waals surface area contributed by atoms with E-state index in [0.717, 1.165) is 77.6 Å². The molecule has 9 aromatic rings. The lowest BCUT2D eigenvalue weighted by molar-refractivity contribution is 0.487. The van der Waals surface area contributed by atoms with Crippen molar-refractivity contribution in [1.29, 1.82) is 0 Å². The third-order valence-electron chi connectivity index (χ3n) is 10.4. The van der Waals surface area contributed by atoms with Gasteiger partial charge >= 0.3 is 0 Å². The molecule has 0 radical (unpaired) electrons. The van der Waals surface area contributed by atoms with E-state index in [1.54, 1.807) is 0 Å². The Balaban J connectivity index is 1.28. The lowest BCUT2D eigenvalue weighted by Gasteiger charge is -2.34. The Bertz CT molecular complexity index is 3080. The Kier molecular flexibility index (Phi) is 4.46. The maximum Gasteiger partial charge on any atom is 0.140 e. The molecule has 0 saturated carbocycles. The summed E-state index contributed by atoms with van der Waals surface area (Å²) in [4.78, 5) is 0. The normalized spacial score (nSPS) is 17.0. The van der Waals surface area contributed by atoms with Crippen LogP contribution >= 0.6 is 0 Å². The van der Waals surface area contributed by atoms with Crippen LogP contribution in [0.4, 0.5) is 0 Å². The van der Waals surface area contributed by atoms with E-state index in [1.165, 1.54) is 0 Å². The molecule has 1 aromatic heterocycles. The second-order valence-corrected chi connectivity index (χ2v) is 12.8. The lowest BCUT2D eigenvalue weighted by Crippen LogP contribution is -2.28. The predicted octanol–water partition coefficient (Wildman–Crippen LogP) is 12.5. The molecule has 2 heterocycles. The van der Waals surface area contributed by atoms with E-state index in [2.05, 4.69) is 54.6 Å². The first kappa shape index (κ1) is 22.2. The van der Waals surface area contributed by atoms with Gasteiger partial charge in [0.1, 0.15) is 22.7 Å². The average Bonchev–Trinajstić information content (AvgIpc) is 3.73. The van der Waals surface area contributed by atoms with Crippen LogP contribution < -0.4 is 4.74 Å². The largest absolute Gasteiger partial charge is 0.456 e. The van der Waals surface area contributed by atoms with Crippen LogP contribution in [0.25, 0.3) is 66.1 Å². The topological polar surface area (TPSA) is 22.4 Å². The summed E-state index contributed by atoms with van der Waals surface area (Å²) in [5.74, 6) is 1.62. The summed E-state index contributed by atoms with van der Waals surface area (Å²) >= 11 is 0. The summed E-state index contributed by atoms with van der Waals surface area (Å²) < 4.78 is 58.6. The quantitative estimate of drug-likeness (QED) is 0.194. The first-order valence-corrected chi connectivity index (χ1v) is 16.4. The monoisotopic (exact) mass is 629 g/mol. The van der Waals surface area contributed by atoms with Gasteiger partial charge in [-0.1, -0.05) is 145 Å². The number of hydrogen-bond donors (Lipinski definition) is 0. The summed E-state index contributed by atoms with van der Waals surface area (Å²) in [5.41, 5.74) is 8.42. The van der Waals surface area contributed by atoms with Crippen molar-refractivity contribution in [1.82, 2.24) is 0 Å². The van der Waals surface area contributed by atoms with E-state index in [4.69, 9.17) is 13.3 Å². The zero-order valence-electron chi connectivity index (χ0n) is 31.1. The smallest absolute Gasteiger partial charge is 0.140 e. The van der Waals surface area contributed by atoms with Crippen LogP contribution in [0.1, 0.15) is 29.1 Å². The molecule has 1 atom stereocenters. The van der Waals surface area contributed by atoms with Gasteiger partial charge in [-0.25, -0.2) is 0 Å². The second kappa shape index (κ2) is 9.82. The van der Waals surface area contributed by atoms with Gasteiger partial charge in [0.25, 0.3) is 0 Å². The highest BCUT2D eigenvalue weighted by Gasteiger charge is 2.47. The number of furan rings is 1. The zero-order chi connectivity index (χ0) is 36.5. The number of fused-ring (bicyclic) bond motifs is 8. The molecular formula is C47H28O2. The maximum absolute atomic E-state index is 9.52. The van der Waals surface area contributed by atoms with Crippen molar-refractivity contribution in [2.75, 3.05) is 0 Å². The minimum absolute atomic E-state index is 0.187. The van der Waals surface area contributed by atoms with E-state index < -0.39 is 11.5 Å². The minimum Gasteiger partial charge on any atom is -0.456 e. The highest BCUT2D eigenvalue weighted by molar-refractivity contribution is 6.11. The summed E-state index contributed by atoms with van der Waals surface area (Å²) in [7, 11) is 0. The van der Waals surface area contributed by atoms with Gasteiger partial charge in [-0.2, -0.15) is 0 Å². The lowest BCUT2D eigenvalue weighted by atomic mass is 9.67. The van der Waals surface area contributed by atoms with Gasteiger partial charge in [-0.15, -0.1) is 0 Å². The number of hydrogen-bond acceptors (Lipinski definition) is 2. The number of para-hydroxylation sites is 3. The summed E-state index contributed by atoms with van der Waals surface area (Å²) in [6.45, 7) is 0. The molecule has 0 amide bonds. The first-order valence-electron chi connectivity index (χ1n) is 18.9. The van der Waals surface area contributed by atoms with Crippen molar-refractivity contribution in [3.63, 3.8) is 0 Å². The Labute approximate surface area is 290 Å². The van der Waals surface area contributed by atoms with Crippen molar-refractivity contribution in [2.45, 2.75) is 5.41 Å². The van der Waals surface area contributed by atoms with Crippen LogP contribution in [0.2, 0.25) is 0 Å². The van der Waals surface area contributed by atoms with E-state index in [1.807, 2.05) is 84.9 Å². The van der Waals surface area contributed by atoms with Crippen LogP contribution in [-0.4, -0.2) is 0 Å². The highest BCUT2D eigenvalue weighted by Crippen LogP contribution is 2.58. The van der Waals surface area contributed by atoms with Crippen LogP contribution in [0.15, 0.2) is 174 Å². The summed E-state index contributed by atoms with van der Waals surface area (Å²) in [6.07, 6.45) is 0. The van der Waals surface area contributed by atoms with Crippen LogP contribution in [0, 0.1) is 0 Å². The van der Waals surface area contributed by atoms with Gasteiger partial charge in [-0.05, 0) is 74.2 Å². The number of benzene rings is 8. The van der Waals surface area contributed by atoms with Gasteiger partial charge in [0.2, 0.25) is 0 Å². The molecule has 2 heteroatoms. The molecule has 0 saturated heterocycles. The Morgan fingerprint density at radius 3 is 2.10 bits per heavy atom. The Hall–Kier alpha value is -6.38. The first-order chi connectivity index (χ1) is 26.4. The molecule has 0 bridgehead atoms. The summed E-state index contributed by atoms with van der Waals surface area (Å²) in [6, 6.07) is 45.1. The molecule has 0 N–H and O–H groups in total. The molecule has 1 aliphatic carbocycles. The fourth-order valence-electron chi connectivity index (χ4n) is 8.45. The average molecular weight is 630 g/mol. The van der Waals surface area contributed by atoms with Crippen LogP contribution in [0.3, 0.4) is 0 Å². The zero-order valence-corrected chi connectivity index (χ0v) is 26.1. The van der Waals surface area contributed by atoms with E-state index in [9.17, 15) is 2.74 Å². The van der Waals surface area contributed by atoms with Gasteiger partial charge < -0.3 is 9.15 Å². The molecule has 0 fully saturated rings. The Morgan fingerprint density at radius 2 is 1.16 bits per heavy atom. The third kappa shape index (κ3) is 3.50. The van der Waals surface area contributed by atoms with Crippen molar-refractivity contribution < 1.29 is 16.0 Å².